The van der Waals surface area contributed by atoms with Crippen LogP contribution in [0.25, 0.3) is 5.65 Å². The Morgan fingerprint density at radius 3 is 2.64 bits per heavy atom. The molecule has 0 fully saturated rings. The molecule has 3 rings (SSSR count). The maximum absolute atomic E-state index is 4.56. The van der Waals surface area contributed by atoms with Crippen LogP contribution in [0.1, 0.15) is 51.3 Å². The summed E-state index contributed by atoms with van der Waals surface area (Å²) >= 11 is 1.40. The van der Waals surface area contributed by atoms with E-state index in [-0.39, 0.29) is 6.04 Å². The van der Waals surface area contributed by atoms with Crippen LogP contribution in [0.15, 0.2) is 24.4 Å². The minimum atomic E-state index is 0.0327. The van der Waals surface area contributed by atoms with E-state index < -0.39 is 0 Å². The molecule has 0 spiro atoms. The fourth-order valence-corrected chi connectivity index (χ4v) is 3.01. The first-order chi connectivity index (χ1) is 10.6. The Kier molecular flexibility index (Phi) is 4.06. The molecule has 0 aromatic carbocycles. The summed E-state index contributed by atoms with van der Waals surface area (Å²) < 4.78 is 6.41. The van der Waals surface area contributed by atoms with Crippen LogP contribution in [-0.4, -0.2) is 24.0 Å². The minimum absolute atomic E-state index is 0.0327. The summed E-state index contributed by atoms with van der Waals surface area (Å²) in [5.41, 5.74) is 0.852. The molecule has 0 aliphatic rings. The van der Waals surface area contributed by atoms with E-state index in [1.54, 1.807) is 0 Å². The topological polar surface area (TPSA) is 68.0 Å². The van der Waals surface area contributed by atoms with Crippen molar-refractivity contribution >= 4 is 22.3 Å². The quantitative estimate of drug-likeness (QED) is 0.780. The molecule has 22 heavy (non-hydrogen) atoms. The second kappa shape index (κ2) is 6.00. The number of aromatic nitrogens is 5. The van der Waals surface area contributed by atoms with E-state index in [0.717, 1.165) is 22.4 Å². The van der Waals surface area contributed by atoms with Gasteiger partial charge in [0.2, 0.25) is 5.13 Å². The van der Waals surface area contributed by atoms with Gasteiger partial charge in [-0.3, -0.25) is 4.40 Å². The zero-order valence-corrected chi connectivity index (χ0v) is 14.0. The Hall–Kier alpha value is -2.02. The van der Waals surface area contributed by atoms with Gasteiger partial charge in [-0.15, -0.1) is 10.2 Å². The van der Waals surface area contributed by atoms with Crippen LogP contribution in [0.4, 0.5) is 5.13 Å². The second-order valence-electron chi connectivity index (χ2n) is 5.97. The lowest BCUT2D eigenvalue weighted by atomic mass is 10.0. The van der Waals surface area contributed by atoms with E-state index >= 15 is 0 Å². The van der Waals surface area contributed by atoms with Crippen LogP contribution < -0.4 is 5.32 Å². The molecular formula is C15H20N6S. The third-order valence-corrected chi connectivity index (χ3v) is 4.18. The fraction of sp³-hybridized carbons (Fsp3) is 0.467. The van der Waals surface area contributed by atoms with Gasteiger partial charge in [-0.1, -0.05) is 33.8 Å². The third-order valence-electron chi connectivity index (χ3n) is 3.52. The molecule has 1 atom stereocenters. The molecule has 3 aromatic rings. The Morgan fingerprint density at radius 1 is 1.14 bits per heavy atom. The number of fused-ring (bicyclic) bond motifs is 1. The second-order valence-corrected chi connectivity index (χ2v) is 6.72. The standard InChI is InChI=1S/C15H20N6S/c1-9(2)12(16-15-17-13(10(3)4)20-22-15)14-19-18-11-7-5-6-8-21(11)14/h5-10,12H,1-4H3,(H,16,17,20). The first-order valence-corrected chi connectivity index (χ1v) is 8.23. The Morgan fingerprint density at radius 2 is 1.95 bits per heavy atom. The summed E-state index contributed by atoms with van der Waals surface area (Å²) in [6.07, 6.45) is 1.99. The average molecular weight is 316 g/mol. The van der Waals surface area contributed by atoms with Crippen molar-refractivity contribution in [3.05, 3.63) is 36.0 Å². The Labute approximate surface area is 133 Å². The summed E-state index contributed by atoms with van der Waals surface area (Å²) in [6, 6.07) is 5.94. The molecule has 0 aliphatic heterocycles. The lowest BCUT2D eigenvalue weighted by Crippen LogP contribution is -2.19. The molecule has 116 valence electrons. The highest BCUT2D eigenvalue weighted by atomic mass is 32.1. The molecule has 0 aliphatic carbocycles. The normalized spacial score (nSPS) is 13.2. The van der Waals surface area contributed by atoms with Crippen LogP contribution in [-0.2, 0) is 0 Å². The van der Waals surface area contributed by atoms with Crippen molar-refractivity contribution in [1.82, 2.24) is 24.0 Å². The monoisotopic (exact) mass is 316 g/mol. The summed E-state index contributed by atoms with van der Waals surface area (Å²) in [4.78, 5) is 4.56. The van der Waals surface area contributed by atoms with Gasteiger partial charge < -0.3 is 5.32 Å². The first-order valence-electron chi connectivity index (χ1n) is 7.46. The predicted molar refractivity (Wildman–Crippen MR) is 88.2 cm³/mol. The first kappa shape index (κ1) is 14.9. The van der Waals surface area contributed by atoms with Crippen molar-refractivity contribution in [2.24, 2.45) is 5.92 Å². The summed E-state index contributed by atoms with van der Waals surface area (Å²) in [5.74, 6) is 2.45. The highest BCUT2D eigenvalue weighted by molar-refractivity contribution is 7.09. The maximum atomic E-state index is 4.56. The van der Waals surface area contributed by atoms with Crippen molar-refractivity contribution < 1.29 is 0 Å². The molecule has 0 radical (unpaired) electrons. The molecule has 1 N–H and O–H groups in total. The van der Waals surface area contributed by atoms with Crippen molar-refractivity contribution in [2.45, 2.75) is 39.7 Å². The maximum Gasteiger partial charge on any atom is 0.203 e. The van der Waals surface area contributed by atoms with Crippen molar-refractivity contribution in [1.29, 1.82) is 0 Å². The Bertz CT molecular complexity index is 760. The van der Waals surface area contributed by atoms with Crippen molar-refractivity contribution in [3.8, 4) is 0 Å². The lowest BCUT2D eigenvalue weighted by molar-refractivity contribution is 0.517. The number of nitrogens with one attached hydrogen (secondary N) is 1. The van der Waals surface area contributed by atoms with Gasteiger partial charge in [0.15, 0.2) is 11.5 Å². The van der Waals surface area contributed by atoms with E-state index in [9.17, 15) is 0 Å². The van der Waals surface area contributed by atoms with Crippen molar-refractivity contribution in [2.75, 3.05) is 5.32 Å². The van der Waals surface area contributed by atoms with E-state index in [4.69, 9.17) is 0 Å². The summed E-state index contributed by atoms with van der Waals surface area (Å²) in [6.45, 7) is 8.51. The van der Waals surface area contributed by atoms with Gasteiger partial charge in [0.1, 0.15) is 5.82 Å². The number of nitrogens with zero attached hydrogens (tertiary/aromatic N) is 5. The molecule has 0 amide bonds. The minimum Gasteiger partial charge on any atom is -0.350 e. The van der Waals surface area contributed by atoms with Gasteiger partial charge in [0.05, 0.1) is 6.04 Å². The van der Waals surface area contributed by atoms with Crippen molar-refractivity contribution in [3.63, 3.8) is 0 Å². The third kappa shape index (κ3) is 2.81. The van der Waals surface area contributed by atoms with Crippen LogP contribution in [0, 0.1) is 5.92 Å². The van der Waals surface area contributed by atoms with Gasteiger partial charge in [-0.2, -0.15) is 4.37 Å². The van der Waals surface area contributed by atoms with Gasteiger partial charge in [-0.25, -0.2) is 4.98 Å². The molecule has 0 saturated heterocycles. The molecule has 1 unspecified atom stereocenters. The van der Waals surface area contributed by atoms with E-state index in [1.165, 1.54) is 11.5 Å². The van der Waals surface area contributed by atoms with E-state index in [1.807, 2.05) is 28.8 Å². The number of hydrogen-bond acceptors (Lipinski definition) is 6. The average Bonchev–Trinajstić information content (AvgIpc) is 3.11. The highest BCUT2D eigenvalue weighted by Gasteiger charge is 2.23. The fourth-order valence-electron chi connectivity index (χ4n) is 2.26. The molecule has 3 aromatic heterocycles. The molecule has 3 heterocycles. The summed E-state index contributed by atoms with van der Waals surface area (Å²) in [7, 11) is 0. The Balaban J connectivity index is 1.92. The summed E-state index contributed by atoms with van der Waals surface area (Å²) in [5, 5.41) is 12.9. The van der Waals surface area contributed by atoms with Crippen LogP contribution in [0.5, 0.6) is 0 Å². The number of anilines is 1. The zero-order valence-electron chi connectivity index (χ0n) is 13.2. The largest absolute Gasteiger partial charge is 0.350 e. The van der Waals surface area contributed by atoms with Crippen LogP contribution in [0.3, 0.4) is 0 Å². The van der Waals surface area contributed by atoms with Gasteiger partial charge >= 0.3 is 0 Å². The molecule has 0 bridgehead atoms. The van der Waals surface area contributed by atoms with E-state index in [0.29, 0.717) is 11.8 Å². The van der Waals surface area contributed by atoms with Gasteiger partial charge in [0.25, 0.3) is 0 Å². The van der Waals surface area contributed by atoms with E-state index in [2.05, 4.69) is 52.6 Å². The SMILES string of the molecule is CC(C)c1nsc(NC(c2nnc3ccccn23)C(C)C)n1. The van der Waals surface area contributed by atoms with Gasteiger partial charge in [-0.05, 0) is 18.1 Å². The number of rotatable bonds is 5. The molecule has 7 heteroatoms. The number of pyridine rings is 1. The smallest absolute Gasteiger partial charge is 0.203 e. The van der Waals surface area contributed by atoms with Crippen LogP contribution >= 0.6 is 11.5 Å². The van der Waals surface area contributed by atoms with Gasteiger partial charge in [0, 0.05) is 23.6 Å². The molecule has 6 nitrogen and oxygen atoms in total. The molecule has 0 saturated carbocycles. The number of hydrogen-bond donors (Lipinski definition) is 1. The van der Waals surface area contributed by atoms with Crippen LogP contribution in [0.2, 0.25) is 0 Å². The predicted octanol–water partition coefficient (Wildman–Crippen LogP) is 3.51. The molecular weight excluding hydrogens is 296 g/mol. The highest BCUT2D eigenvalue weighted by Crippen LogP contribution is 2.27. The lowest BCUT2D eigenvalue weighted by Gasteiger charge is -2.20. The zero-order chi connectivity index (χ0) is 15.7.